The minimum absolute atomic E-state index is 0.0908. The predicted octanol–water partition coefficient (Wildman–Crippen LogP) is 3.57. The monoisotopic (exact) mass is 468 g/mol. The van der Waals surface area contributed by atoms with Gasteiger partial charge in [0.05, 0.1) is 23.7 Å². The van der Waals surface area contributed by atoms with E-state index in [4.69, 9.17) is 4.98 Å². The van der Waals surface area contributed by atoms with Crippen molar-refractivity contribution in [2.75, 3.05) is 30.8 Å². The fourth-order valence-electron chi connectivity index (χ4n) is 4.34. The van der Waals surface area contributed by atoms with Crippen molar-refractivity contribution in [1.29, 1.82) is 0 Å². The number of pyridine rings is 2. The lowest BCUT2D eigenvalue weighted by molar-refractivity contribution is 0.545. The van der Waals surface area contributed by atoms with Crippen molar-refractivity contribution in [2.24, 2.45) is 5.92 Å². The summed E-state index contributed by atoms with van der Waals surface area (Å²) in [7, 11) is -3.19. The number of aromatic nitrogens is 2. The Morgan fingerprint density at radius 1 is 1.18 bits per heavy atom. The second-order valence-corrected chi connectivity index (χ2v) is 12.0. The molecular formula is C25H32N4O3S. The van der Waals surface area contributed by atoms with E-state index in [9.17, 15) is 13.2 Å². The van der Waals surface area contributed by atoms with Crippen LogP contribution in [0, 0.1) is 12.8 Å². The lowest BCUT2D eigenvalue weighted by atomic mass is 9.84. The molecule has 0 radical (unpaired) electrons. The molecule has 3 heterocycles. The molecule has 0 amide bonds. The van der Waals surface area contributed by atoms with Gasteiger partial charge in [0, 0.05) is 41.8 Å². The zero-order valence-corrected chi connectivity index (χ0v) is 20.7. The topological polar surface area (TPSA) is 95.2 Å². The smallest absolute Gasteiger partial charge is 0.256 e. The van der Waals surface area contributed by atoms with Crippen LogP contribution in [0.2, 0.25) is 0 Å². The van der Waals surface area contributed by atoms with Gasteiger partial charge in [0.1, 0.15) is 0 Å². The first kappa shape index (κ1) is 23.4. The number of fused-ring (bicyclic) bond motifs is 1. The van der Waals surface area contributed by atoms with Crippen LogP contribution in [-0.4, -0.2) is 44.3 Å². The van der Waals surface area contributed by atoms with E-state index < -0.39 is 10.0 Å². The molecule has 0 aliphatic carbocycles. The van der Waals surface area contributed by atoms with Crippen LogP contribution in [0.15, 0.2) is 41.3 Å². The molecule has 0 unspecified atom stereocenters. The number of aromatic amines is 1. The molecule has 0 saturated carbocycles. The Labute approximate surface area is 195 Å². The van der Waals surface area contributed by atoms with Crippen molar-refractivity contribution in [1.82, 2.24) is 14.7 Å². The van der Waals surface area contributed by atoms with E-state index in [1.807, 2.05) is 25.3 Å². The maximum Gasteiger partial charge on any atom is 0.256 e. The highest BCUT2D eigenvalue weighted by atomic mass is 32.2. The summed E-state index contributed by atoms with van der Waals surface area (Å²) in [5.41, 5.74) is 5.02. The number of hydrogen-bond donors (Lipinski definition) is 2. The van der Waals surface area contributed by atoms with E-state index in [1.165, 1.54) is 6.26 Å². The molecule has 1 atom stereocenters. The Morgan fingerprint density at radius 3 is 2.61 bits per heavy atom. The number of anilines is 1. The molecule has 1 aliphatic heterocycles. The fourth-order valence-corrected chi connectivity index (χ4v) is 4.88. The van der Waals surface area contributed by atoms with Crippen LogP contribution in [0.1, 0.15) is 38.4 Å². The number of rotatable bonds is 5. The average molecular weight is 469 g/mol. The molecule has 33 heavy (non-hydrogen) atoms. The number of sulfonamides is 1. The first-order chi connectivity index (χ1) is 15.4. The molecule has 0 spiro atoms. The van der Waals surface area contributed by atoms with Gasteiger partial charge in [0.15, 0.2) is 0 Å². The Bertz CT molecular complexity index is 1360. The molecule has 2 aromatic heterocycles. The molecule has 8 heteroatoms. The van der Waals surface area contributed by atoms with Crippen LogP contribution >= 0.6 is 0 Å². The van der Waals surface area contributed by atoms with Gasteiger partial charge in [0.25, 0.3) is 5.56 Å². The standard InChI is InChI=1S/C25H32N4O3S/c1-16-6-7-21(24(30)28-16)22-12-19(25(2,3)4)10-18-11-20(14-26-23(18)22)29-9-8-17(15-29)13-27-33(5,31)32/h6-7,10-12,14,17,27H,8-9,13,15H2,1-5H3,(H,28,30)/t17-/m1/s1. The summed E-state index contributed by atoms with van der Waals surface area (Å²) in [6.45, 7) is 10.4. The summed E-state index contributed by atoms with van der Waals surface area (Å²) in [5.74, 6) is 0.262. The highest BCUT2D eigenvalue weighted by Crippen LogP contribution is 2.35. The minimum atomic E-state index is -3.19. The summed E-state index contributed by atoms with van der Waals surface area (Å²) in [6.07, 6.45) is 3.97. The Morgan fingerprint density at radius 2 is 1.94 bits per heavy atom. The SMILES string of the molecule is Cc1ccc(-c2cc(C(C)(C)C)cc3cc(N4CC[C@H](CNS(C)(=O)=O)C4)cnc23)c(=O)[nH]1. The van der Waals surface area contributed by atoms with Gasteiger partial charge in [-0.1, -0.05) is 20.8 Å². The first-order valence-corrected chi connectivity index (χ1v) is 13.1. The Balaban J connectivity index is 1.74. The van der Waals surface area contributed by atoms with E-state index in [1.54, 1.807) is 0 Å². The summed E-state index contributed by atoms with van der Waals surface area (Å²) in [5, 5.41) is 0.993. The molecule has 3 aromatic rings. The Kier molecular flexibility index (Phi) is 6.09. The van der Waals surface area contributed by atoms with Gasteiger partial charge in [-0.2, -0.15) is 0 Å². The van der Waals surface area contributed by atoms with Gasteiger partial charge in [0.2, 0.25) is 10.0 Å². The quantitative estimate of drug-likeness (QED) is 0.597. The second-order valence-electron chi connectivity index (χ2n) is 10.1. The summed E-state index contributed by atoms with van der Waals surface area (Å²) in [6, 6.07) is 10.2. The molecule has 1 aromatic carbocycles. The van der Waals surface area contributed by atoms with Crippen molar-refractivity contribution in [3.8, 4) is 11.1 Å². The first-order valence-electron chi connectivity index (χ1n) is 11.2. The van der Waals surface area contributed by atoms with Crippen molar-refractivity contribution >= 4 is 26.6 Å². The van der Waals surface area contributed by atoms with Crippen LogP contribution in [0.5, 0.6) is 0 Å². The predicted molar refractivity (Wildman–Crippen MR) is 134 cm³/mol. The van der Waals surface area contributed by atoms with E-state index in [0.29, 0.717) is 12.1 Å². The van der Waals surface area contributed by atoms with Crippen LogP contribution in [0.4, 0.5) is 5.69 Å². The molecule has 0 bridgehead atoms. The lowest BCUT2D eigenvalue weighted by Gasteiger charge is -2.23. The fraction of sp³-hybridized carbons (Fsp3) is 0.440. The van der Waals surface area contributed by atoms with Crippen molar-refractivity contribution in [3.63, 3.8) is 0 Å². The number of nitrogens with zero attached hydrogens (tertiary/aromatic N) is 2. The highest BCUT2D eigenvalue weighted by Gasteiger charge is 2.25. The minimum Gasteiger partial charge on any atom is -0.370 e. The number of benzene rings is 1. The third-order valence-corrected chi connectivity index (χ3v) is 6.96. The summed E-state index contributed by atoms with van der Waals surface area (Å²) >= 11 is 0. The van der Waals surface area contributed by atoms with Crippen molar-refractivity contribution in [3.05, 3.63) is 58.1 Å². The summed E-state index contributed by atoms with van der Waals surface area (Å²) in [4.78, 5) is 22.7. The largest absolute Gasteiger partial charge is 0.370 e. The van der Waals surface area contributed by atoms with Crippen LogP contribution in [0.3, 0.4) is 0 Å². The molecule has 1 aliphatic rings. The molecule has 4 rings (SSSR count). The average Bonchev–Trinajstić information content (AvgIpc) is 3.19. The number of nitrogens with one attached hydrogen (secondary N) is 2. The molecule has 176 valence electrons. The zero-order valence-electron chi connectivity index (χ0n) is 19.9. The van der Waals surface area contributed by atoms with E-state index in [-0.39, 0.29) is 16.9 Å². The molecular weight excluding hydrogens is 436 g/mol. The Hall–Kier alpha value is -2.71. The highest BCUT2D eigenvalue weighted by molar-refractivity contribution is 7.88. The molecule has 7 nitrogen and oxygen atoms in total. The third kappa shape index (κ3) is 5.28. The van der Waals surface area contributed by atoms with Gasteiger partial charge >= 0.3 is 0 Å². The molecule has 2 N–H and O–H groups in total. The van der Waals surface area contributed by atoms with Crippen molar-refractivity contribution < 1.29 is 8.42 Å². The van der Waals surface area contributed by atoms with Gasteiger partial charge < -0.3 is 9.88 Å². The number of hydrogen-bond acceptors (Lipinski definition) is 5. The zero-order chi connectivity index (χ0) is 24.0. The maximum atomic E-state index is 12.7. The third-order valence-electron chi connectivity index (χ3n) is 6.27. The van der Waals surface area contributed by atoms with Gasteiger partial charge in [-0.3, -0.25) is 9.78 Å². The molecule has 1 saturated heterocycles. The summed E-state index contributed by atoms with van der Waals surface area (Å²) < 4.78 is 25.5. The maximum absolute atomic E-state index is 12.7. The lowest BCUT2D eigenvalue weighted by Crippen LogP contribution is -2.30. The molecule has 1 fully saturated rings. The second kappa shape index (κ2) is 8.57. The van der Waals surface area contributed by atoms with Crippen LogP contribution < -0.4 is 15.2 Å². The van der Waals surface area contributed by atoms with E-state index in [0.717, 1.165) is 52.9 Å². The van der Waals surface area contributed by atoms with E-state index in [2.05, 4.69) is 53.6 Å². The van der Waals surface area contributed by atoms with E-state index >= 15 is 0 Å². The number of H-pyrrole nitrogens is 1. The van der Waals surface area contributed by atoms with Gasteiger partial charge in [-0.15, -0.1) is 0 Å². The van der Waals surface area contributed by atoms with Gasteiger partial charge in [-0.05, 0) is 60.6 Å². The van der Waals surface area contributed by atoms with Crippen molar-refractivity contribution in [2.45, 2.75) is 39.5 Å². The van der Waals surface area contributed by atoms with Gasteiger partial charge in [-0.25, -0.2) is 13.1 Å². The van der Waals surface area contributed by atoms with Crippen LogP contribution in [0.25, 0.3) is 22.0 Å². The number of aryl methyl sites for hydroxylation is 1. The normalized spacial score (nSPS) is 17.1. The van der Waals surface area contributed by atoms with Crippen LogP contribution in [-0.2, 0) is 15.4 Å².